The van der Waals surface area contributed by atoms with Gasteiger partial charge >= 0.3 is 0 Å². The lowest BCUT2D eigenvalue weighted by molar-refractivity contribution is 0.0954. The average molecular weight is 430 g/mol. The van der Waals surface area contributed by atoms with E-state index >= 15 is 0 Å². The molecule has 6 nitrogen and oxygen atoms in total. The normalized spacial score (nSPS) is 22.0. The smallest absolute Gasteiger partial charge is 0.251 e. The number of amidine groups is 1. The van der Waals surface area contributed by atoms with Gasteiger partial charge in [0.25, 0.3) is 5.91 Å². The van der Waals surface area contributed by atoms with Gasteiger partial charge in [0.2, 0.25) is 0 Å². The minimum atomic E-state index is -2.94. The zero-order valence-electron chi connectivity index (χ0n) is 16.1. The zero-order valence-corrected chi connectivity index (χ0v) is 17.7. The van der Waals surface area contributed by atoms with E-state index in [0.717, 1.165) is 17.3 Å². The predicted octanol–water partition coefficient (Wildman–Crippen LogP) is 2.65. The summed E-state index contributed by atoms with van der Waals surface area (Å²) in [7, 11) is -2.94. The van der Waals surface area contributed by atoms with Crippen LogP contribution in [0.3, 0.4) is 0 Å². The molecule has 4 rings (SSSR count). The van der Waals surface area contributed by atoms with Crippen LogP contribution in [-0.2, 0) is 16.3 Å². The lowest BCUT2D eigenvalue weighted by Crippen LogP contribution is -2.25. The van der Waals surface area contributed by atoms with E-state index in [-0.39, 0.29) is 28.7 Å². The number of fused-ring (bicyclic) bond motifs is 1. The van der Waals surface area contributed by atoms with Crippen molar-refractivity contribution in [2.24, 2.45) is 4.99 Å². The fraction of sp³-hybridized carbons (Fsp3) is 0.333. The first-order valence-electron chi connectivity index (χ1n) is 9.54. The third-order valence-corrected chi connectivity index (χ3v) is 8.18. The fourth-order valence-corrected chi connectivity index (χ4v) is 7.10. The zero-order chi connectivity index (χ0) is 20.4. The molecule has 8 heteroatoms. The van der Waals surface area contributed by atoms with Gasteiger partial charge in [0.1, 0.15) is 0 Å². The van der Waals surface area contributed by atoms with Crippen LogP contribution >= 0.6 is 11.8 Å². The van der Waals surface area contributed by atoms with E-state index in [1.165, 1.54) is 22.9 Å². The quantitative estimate of drug-likeness (QED) is 0.763. The van der Waals surface area contributed by atoms with Gasteiger partial charge < -0.3 is 10.6 Å². The highest BCUT2D eigenvalue weighted by molar-refractivity contribution is 8.15. The average Bonchev–Trinajstić information content (AvgIpc) is 3.16. The number of aryl methyl sites for hydroxylation is 1. The number of anilines is 1. The van der Waals surface area contributed by atoms with Crippen LogP contribution in [0.4, 0.5) is 5.69 Å². The Balaban J connectivity index is 1.28. The number of sulfone groups is 1. The van der Waals surface area contributed by atoms with Crippen molar-refractivity contribution in [3.63, 3.8) is 0 Å². The van der Waals surface area contributed by atoms with E-state index < -0.39 is 9.84 Å². The second-order valence-corrected chi connectivity index (χ2v) is 10.8. The second-order valence-electron chi connectivity index (χ2n) is 7.43. The molecule has 2 aliphatic rings. The second kappa shape index (κ2) is 8.20. The SMILES string of the molecule is Cc1ccc(CCNC(=O)c2ccc(NC3=N[C@@H]4CS(=O)(=O)C[C@H]4S3)cc2)cc1. The Kier molecular flexibility index (Phi) is 5.65. The maximum atomic E-state index is 12.3. The molecule has 1 fully saturated rings. The van der Waals surface area contributed by atoms with Crippen LogP contribution in [-0.4, -0.2) is 48.8 Å². The van der Waals surface area contributed by atoms with Crippen LogP contribution in [0.2, 0.25) is 0 Å². The number of nitrogens with one attached hydrogen (secondary N) is 2. The third kappa shape index (κ3) is 5.00. The van der Waals surface area contributed by atoms with Gasteiger partial charge in [0.05, 0.1) is 17.5 Å². The monoisotopic (exact) mass is 429 g/mol. The van der Waals surface area contributed by atoms with Crippen molar-refractivity contribution in [2.45, 2.75) is 24.6 Å². The Bertz CT molecular complexity index is 1030. The van der Waals surface area contributed by atoms with Crippen molar-refractivity contribution in [2.75, 3.05) is 23.4 Å². The summed E-state index contributed by atoms with van der Waals surface area (Å²) in [6.45, 7) is 2.64. The van der Waals surface area contributed by atoms with Crippen molar-refractivity contribution in [3.8, 4) is 0 Å². The van der Waals surface area contributed by atoms with E-state index in [0.29, 0.717) is 12.1 Å². The van der Waals surface area contributed by atoms with Gasteiger partial charge in [-0.25, -0.2) is 8.42 Å². The maximum Gasteiger partial charge on any atom is 0.251 e. The minimum Gasteiger partial charge on any atom is -0.352 e. The molecule has 29 heavy (non-hydrogen) atoms. The number of carbonyl (C=O) groups is 1. The predicted molar refractivity (Wildman–Crippen MR) is 119 cm³/mol. The number of carbonyl (C=O) groups excluding carboxylic acids is 1. The molecule has 0 spiro atoms. The fourth-order valence-electron chi connectivity index (χ4n) is 3.42. The van der Waals surface area contributed by atoms with Crippen molar-refractivity contribution < 1.29 is 13.2 Å². The molecule has 2 atom stereocenters. The Labute approximate surface area is 175 Å². The number of thioether (sulfide) groups is 1. The highest BCUT2D eigenvalue weighted by atomic mass is 32.2. The van der Waals surface area contributed by atoms with Crippen molar-refractivity contribution in [3.05, 3.63) is 65.2 Å². The number of hydrogen-bond donors (Lipinski definition) is 2. The van der Waals surface area contributed by atoms with E-state index in [9.17, 15) is 13.2 Å². The van der Waals surface area contributed by atoms with Crippen molar-refractivity contribution in [1.82, 2.24) is 5.32 Å². The van der Waals surface area contributed by atoms with E-state index in [1.807, 2.05) is 12.1 Å². The molecule has 2 heterocycles. The summed E-state index contributed by atoms with van der Waals surface area (Å²) in [5, 5.41) is 6.92. The molecule has 2 aromatic carbocycles. The maximum absolute atomic E-state index is 12.3. The Morgan fingerprint density at radius 1 is 1.10 bits per heavy atom. The Morgan fingerprint density at radius 3 is 2.52 bits per heavy atom. The molecule has 0 aliphatic carbocycles. The van der Waals surface area contributed by atoms with Crippen LogP contribution in [0.15, 0.2) is 53.5 Å². The molecule has 1 saturated heterocycles. The highest BCUT2D eigenvalue weighted by Gasteiger charge is 2.42. The molecular weight excluding hydrogens is 406 g/mol. The molecule has 0 saturated carbocycles. The van der Waals surface area contributed by atoms with E-state index in [4.69, 9.17) is 0 Å². The van der Waals surface area contributed by atoms with E-state index in [1.54, 1.807) is 12.1 Å². The van der Waals surface area contributed by atoms with Crippen LogP contribution in [0.5, 0.6) is 0 Å². The first kappa shape index (κ1) is 20.0. The number of amides is 1. The molecule has 152 valence electrons. The van der Waals surface area contributed by atoms with Crippen LogP contribution in [0, 0.1) is 6.92 Å². The van der Waals surface area contributed by atoms with Gasteiger partial charge in [0.15, 0.2) is 15.0 Å². The topological polar surface area (TPSA) is 87.6 Å². The summed E-state index contributed by atoms with van der Waals surface area (Å²) in [5.41, 5.74) is 3.85. The lowest BCUT2D eigenvalue weighted by Gasteiger charge is -2.09. The number of hydrogen-bond acceptors (Lipinski definition) is 6. The molecule has 2 N–H and O–H groups in total. The number of rotatable bonds is 5. The van der Waals surface area contributed by atoms with E-state index in [2.05, 4.69) is 46.8 Å². The standard InChI is InChI=1S/C21H23N3O3S2/c1-14-2-4-15(5-3-14)10-11-22-20(25)16-6-8-17(9-7-16)23-21-24-18-12-29(26,27)13-19(18)28-21/h2-9,18-19H,10-13H2,1H3,(H,22,25)(H,23,24)/t18-,19-/m1/s1. The van der Waals surface area contributed by atoms with Gasteiger partial charge in [0, 0.05) is 23.0 Å². The molecule has 0 aromatic heterocycles. The first-order valence-corrected chi connectivity index (χ1v) is 12.2. The summed E-state index contributed by atoms with van der Waals surface area (Å²) in [6, 6.07) is 15.4. The van der Waals surface area contributed by atoms with Gasteiger partial charge in [-0.15, -0.1) is 0 Å². The number of benzene rings is 2. The summed E-state index contributed by atoms with van der Waals surface area (Å²) in [6.07, 6.45) is 0.792. The summed E-state index contributed by atoms with van der Waals surface area (Å²) < 4.78 is 23.3. The first-order chi connectivity index (χ1) is 13.9. The van der Waals surface area contributed by atoms with Gasteiger partial charge in [-0.3, -0.25) is 9.79 Å². The van der Waals surface area contributed by atoms with Gasteiger partial charge in [-0.1, -0.05) is 41.6 Å². The Hall–Kier alpha value is -2.32. The summed E-state index contributed by atoms with van der Waals surface area (Å²) in [5.74, 6) is 0.229. The summed E-state index contributed by atoms with van der Waals surface area (Å²) >= 11 is 1.48. The Morgan fingerprint density at radius 2 is 1.83 bits per heavy atom. The molecule has 1 amide bonds. The molecule has 0 radical (unpaired) electrons. The van der Waals surface area contributed by atoms with Crippen LogP contribution in [0.1, 0.15) is 21.5 Å². The third-order valence-electron chi connectivity index (χ3n) is 5.04. The van der Waals surface area contributed by atoms with Crippen LogP contribution < -0.4 is 10.6 Å². The summed E-state index contributed by atoms with van der Waals surface area (Å²) in [4.78, 5) is 16.8. The lowest BCUT2D eigenvalue weighted by atomic mass is 10.1. The highest BCUT2D eigenvalue weighted by Crippen LogP contribution is 2.34. The van der Waals surface area contributed by atoms with Crippen LogP contribution in [0.25, 0.3) is 0 Å². The molecule has 2 aromatic rings. The largest absolute Gasteiger partial charge is 0.352 e. The van der Waals surface area contributed by atoms with Gasteiger partial charge in [-0.2, -0.15) is 0 Å². The number of nitrogens with zero attached hydrogens (tertiary/aromatic N) is 1. The van der Waals surface area contributed by atoms with Gasteiger partial charge in [-0.05, 0) is 43.2 Å². The molecule has 2 aliphatic heterocycles. The molecule has 0 unspecified atom stereocenters. The minimum absolute atomic E-state index is 0.0149. The van der Waals surface area contributed by atoms with Crippen molar-refractivity contribution >= 4 is 38.4 Å². The van der Waals surface area contributed by atoms with Crippen molar-refractivity contribution in [1.29, 1.82) is 0 Å². The molecule has 0 bridgehead atoms. The molecular formula is C21H23N3O3S2. The number of aliphatic imine (C=N–C) groups is 1.